The zero-order valence-electron chi connectivity index (χ0n) is 22.7. The van der Waals surface area contributed by atoms with Crippen LogP contribution in [0.5, 0.6) is 0 Å². The molecule has 0 spiro atoms. The van der Waals surface area contributed by atoms with Gasteiger partial charge >= 0.3 is 0 Å². The number of carbonyl (C=O) groups is 1. The van der Waals surface area contributed by atoms with Gasteiger partial charge in [-0.25, -0.2) is 4.98 Å². The first kappa shape index (κ1) is 24.1. The van der Waals surface area contributed by atoms with Crippen LogP contribution in [0.3, 0.4) is 0 Å². The van der Waals surface area contributed by atoms with E-state index in [0.29, 0.717) is 30.4 Å². The van der Waals surface area contributed by atoms with Crippen LogP contribution in [0.25, 0.3) is 44.3 Å². The lowest BCUT2D eigenvalue weighted by molar-refractivity contribution is -0.0586. The molecular weight excluding hydrogens is 492 g/mol. The maximum Gasteiger partial charge on any atom is 0.254 e. The van der Waals surface area contributed by atoms with Crippen LogP contribution >= 0.6 is 0 Å². The van der Waals surface area contributed by atoms with Crippen molar-refractivity contribution < 1.29 is 14.1 Å². The standard InChI is InChI=1S/C30H32N6O3/c1-16-12-35(13-17(2)38-16)30(37)21-7-8-23-24-9-22(27-18(3)34-39-19(27)4)10-25(29-31-15-32-33-29)28(24)36(26(23)11-21)14-20-5-6-20/h7-11,15-17,20H,5-6,12-14H2,1-4H3,(H,31,32,33). The van der Waals surface area contributed by atoms with Crippen LogP contribution < -0.4 is 0 Å². The van der Waals surface area contributed by atoms with Crippen molar-refractivity contribution in [3.63, 3.8) is 0 Å². The van der Waals surface area contributed by atoms with Gasteiger partial charge in [-0.15, -0.1) is 0 Å². The minimum atomic E-state index is 0.0226. The third-order valence-corrected chi connectivity index (χ3v) is 8.03. The number of fused-ring (bicyclic) bond motifs is 3. The van der Waals surface area contributed by atoms with Crippen molar-refractivity contribution in [3.05, 3.63) is 53.7 Å². The van der Waals surface area contributed by atoms with Gasteiger partial charge in [-0.3, -0.25) is 9.89 Å². The number of nitrogens with zero attached hydrogens (tertiary/aromatic N) is 5. The number of morpholine rings is 1. The molecule has 1 aliphatic carbocycles. The Morgan fingerprint density at radius 3 is 2.54 bits per heavy atom. The van der Waals surface area contributed by atoms with Crippen molar-refractivity contribution in [2.24, 2.45) is 5.92 Å². The quantitative estimate of drug-likeness (QED) is 0.325. The first-order valence-electron chi connectivity index (χ1n) is 13.7. The van der Waals surface area contributed by atoms with Gasteiger partial charge in [-0.05, 0) is 76.3 Å². The molecule has 4 heterocycles. The van der Waals surface area contributed by atoms with Crippen LogP contribution in [0.1, 0.15) is 48.5 Å². The first-order valence-corrected chi connectivity index (χ1v) is 13.7. The van der Waals surface area contributed by atoms with E-state index < -0.39 is 0 Å². The zero-order valence-corrected chi connectivity index (χ0v) is 22.7. The van der Waals surface area contributed by atoms with Crippen molar-refractivity contribution in [3.8, 4) is 22.5 Å². The number of H-pyrrole nitrogens is 1. The molecule has 2 aromatic carbocycles. The monoisotopic (exact) mass is 524 g/mol. The average molecular weight is 525 g/mol. The highest BCUT2D eigenvalue weighted by molar-refractivity contribution is 6.15. The molecule has 9 nitrogen and oxygen atoms in total. The van der Waals surface area contributed by atoms with E-state index in [-0.39, 0.29) is 18.1 Å². The van der Waals surface area contributed by atoms with E-state index in [4.69, 9.17) is 9.26 Å². The highest BCUT2D eigenvalue weighted by Crippen LogP contribution is 2.42. The number of aromatic amines is 1. The Labute approximate surface area is 226 Å². The van der Waals surface area contributed by atoms with Gasteiger partial charge in [0.15, 0.2) is 5.82 Å². The van der Waals surface area contributed by atoms with Gasteiger partial charge in [0, 0.05) is 52.6 Å². The number of amides is 1. The van der Waals surface area contributed by atoms with E-state index in [2.05, 4.69) is 49.2 Å². The summed E-state index contributed by atoms with van der Waals surface area (Å²) in [6.45, 7) is 10.0. The molecule has 200 valence electrons. The average Bonchev–Trinajstić information content (AvgIpc) is 3.30. The molecule has 39 heavy (non-hydrogen) atoms. The molecule has 2 atom stereocenters. The lowest BCUT2D eigenvalue weighted by atomic mass is 9.97. The lowest BCUT2D eigenvalue weighted by Gasteiger charge is -2.35. The fourth-order valence-corrected chi connectivity index (χ4v) is 6.19. The van der Waals surface area contributed by atoms with Crippen molar-refractivity contribution in [1.82, 2.24) is 29.8 Å². The van der Waals surface area contributed by atoms with E-state index in [0.717, 1.165) is 56.5 Å². The number of aryl methyl sites for hydroxylation is 2. The van der Waals surface area contributed by atoms with Crippen LogP contribution in [0.2, 0.25) is 0 Å². The van der Waals surface area contributed by atoms with E-state index in [9.17, 15) is 4.79 Å². The van der Waals surface area contributed by atoms with Crippen LogP contribution in [-0.2, 0) is 11.3 Å². The second-order valence-corrected chi connectivity index (χ2v) is 11.2. The van der Waals surface area contributed by atoms with Crippen molar-refractivity contribution >= 4 is 27.7 Å². The third kappa shape index (κ3) is 4.12. The van der Waals surface area contributed by atoms with Crippen molar-refractivity contribution in [2.45, 2.75) is 59.3 Å². The van der Waals surface area contributed by atoms with Crippen LogP contribution in [0.4, 0.5) is 0 Å². The Morgan fingerprint density at radius 1 is 1.08 bits per heavy atom. The van der Waals surface area contributed by atoms with Gasteiger partial charge in [0.2, 0.25) is 0 Å². The van der Waals surface area contributed by atoms with E-state index in [1.165, 1.54) is 12.8 Å². The molecule has 3 aromatic heterocycles. The van der Waals surface area contributed by atoms with Crippen LogP contribution in [-0.4, -0.2) is 61.0 Å². The fourth-order valence-electron chi connectivity index (χ4n) is 6.19. The second-order valence-electron chi connectivity index (χ2n) is 11.2. The summed E-state index contributed by atoms with van der Waals surface area (Å²) in [7, 11) is 0. The summed E-state index contributed by atoms with van der Waals surface area (Å²) in [5, 5.41) is 13.8. The van der Waals surface area contributed by atoms with Gasteiger partial charge in [0.05, 0.1) is 23.4 Å². The molecule has 1 amide bonds. The Bertz CT molecular complexity index is 1680. The molecule has 1 saturated carbocycles. The minimum absolute atomic E-state index is 0.0226. The number of rotatable bonds is 5. The topological polar surface area (TPSA) is 102 Å². The first-order chi connectivity index (χ1) is 18.9. The number of carbonyl (C=O) groups excluding carboxylic acids is 1. The Morgan fingerprint density at radius 2 is 1.87 bits per heavy atom. The normalized spacial score (nSPS) is 19.8. The zero-order chi connectivity index (χ0) is 26.8. The molecule has 9 heteroatoms. The number of benzene rings is 2. The molecule has 0 bridgehead atoms. The number of hydrogen-bond acceptors (Lipinski definition) is 6. The van der Waals surface area contributed by atoms with E-state index >= 15 is 0 Å². The maximum atomic E-state index is 13.7. The molecule has 1 aliphatic heterocycles. The summed E-state index contributed by atoms with van der Waals surface area (Å²) in [5.74, 6) is 2.09. The second kappa shape index (κ2) is 9.05. The number of ether oxygens (including phenoxy) is 1. The summed E-state index contributed by atoms with van der Waals surface area (Å²) in [6.07, 6.45) is 4.09. The van der Waals surface area contributed by atoms with E-state index in [1.54, 1.807) is 6.33 Å². The molecule has 1 saturated heterocycles. The smallest absolute Gasteiger partial charge is 0.254 e. The number of aromatic nitrogens is 5. The van der Waals surface area contributed by atoms with Crippen molar-refractivity contribution in [1.29, 1.82) is 0 Å². The summed E-state index contributed by atoms with van der Waals surface area (Å²) in [4.78, 5) is 20.1. The molecule has 0 radical (unpaired) electrons. The molecule has 2 fully saturated rings. The van der Waals surface area contributed by atoms with Gasteiger partial charge in [0.25, 0.3) is 5.91 Å². The van der Waals surface area contributed by atoms with E-state index in [1.807, 2.05) is 38.7 Å². The largest absolute Gasteiger partial charge is 0.372 e. The summed E-state index contributed by atoms with van der Waals surface area (Å²) >= 11 is 0. The van der Waals surface area contributed by atoms with Gasteiger partial charge < -0.3 is 18.7 Å². The van der Waals surface area contributed by atoms with Crippen LogP contribution in [0, 0.1) is 19.8 Å². The Balaban J connectivity index is 1.46. The Kier molecular flexibility index (Phi) is 5.59. The molecular formula is C30H32N6O3. The highest BCUT2D eigenvalue weighted by Gasteiger charge is 2.29. The van der Waals surface area contributed by atoms with Gasteiger partial charge in [0.1, 0.15) is 12.1 Å². The number of hydrogen-bond donors (Lipinski definition) is 1. The SMILES string of the molecule is Cc1noc(C)c1-c1cc(-c2nc[nH]n2)c2c(c1)c1ccc(C(=O)N3CC(C)OC(C)C3)cc1n2CC1CC1. The fraction of sp³-hybridized carbons (Fsp3) is 0.400. The maximum absolute atomic E-state index is 13.7. The van der Waals surface area contributed by atoms with Gasteiger partial charge in [-0.1, -0.05) is 11.2 Å². The summed E-state index contributed by atoms with van der Waals surface area (Å²) in [5.41, 5.74) is 6.64. The van der Waals surface area contributed by atoms with Crippen LogP contribution in [0.15, 0.2) is 41.2 Å². The summed E-state index contributed by atoms with van der Waals surface area (Å²) in [6, 6.07) is 10.5. The predicted octanol–water partition coefficient (Wildman–Crippen LogP) is 5.51. The number of nitrogens with one attached hydrogen (secondary N) is 1. The minimum Gasteiger partial charge on any atom is -0.372 e. The molecule has 7 rings (SSSR count). The highest BCUT2D eigenvalue weighted by atomic mass is 16.5. The molecule has 2 unspecified atom stereocenters. The Hall–Kier alpha value is -3.98. The van der Waals surface area contributed by atoms with Crippen molar-refractivity contribution in [2.75, 3.05) is 13.1 Å². The molecule has 5 aromatic rings. The molecule has 2 aliphatic rings. The summed E-state index contributed by atoms with van der Waals surface area (Å²) < 4.78 is 13.8. The molecule has 1 N–H and O–H groups in total. The lowest BCUT2D eigenvalue weighted by Crippen LogP contribution is -2.48. The predicted molar refractivity (Wildman–Crippen MR) is 148 cm³/mol. The third-order valence-electron chi connectivity index (χ3n) is 8.03. The van der Waals surface area contributed by atoms with Gasteiger partial charge in [-0.2, -0.15) is 5.10 Å².